The molecule has 1 rings (SSSR count). The summed E-state index contributed by atoms with van der Waals surface area (Å²) >= 11 is 0. The summed E-state index contributed by atoms with van der Waals surface area (Å²) in [4.78, 5) is 13.5. The number of nitrogens with zero attached hydrogens (tertiary/aromatic N) is 1. The molecule has 0 aliphatic carbocycles. The summed E-state index contributed by atoms with van der Waals surface area (Å²) in [5.41, 5.74) is 7.07. The van der Waals surface area contributed by atoms with E-state index in [4.69, 9.17) is 5.73 Å². The van der Waals surface area contributed by atoms with Gasteiger partial charge < -0.3 is 16.0 Å². The molecule has 0 aliphatic heterocycles. The molecule has 0 heterocycles. The number of nitrogens with two attached hydrogens (primary N) is 1. The molecule has 0 aliphatic rings. The Bertz CT molecular complexity index is 435. The molecule has 0 saturated carbocycles. The molecule has 1 aromatic carbocycles. The standard InChI is InChI=1S/C14H22FN3O/c1-10(2)8-17-14(19)9-18(3)13-5-4-12(15)6-11(13)7-16/h4-6,10H,7-9,16H2,1-3H3,(H,17,19). The van der Waals surface area contributed by atoms with Crippen molar-refractivity contribution in [3.63, 3.8) is 0 Å². The summed E-state index contributed by atoms with van der Waals surface area (Å²) < 4.78 is 13.1. The van der Waals surface area contributed by atoms with E-state index in [1.165, 1.54) is 12.1 Å². The average Bonchev–Trinajstić information content (AvgIpc) is 2.35. The van der Waals surface area contributed by atoms with Gasteiger partial charge in [-0.3, -0.25) is 4.79 Å². The highest BCUT2D eigenvalue weighted by atomic mass is 19.1. The van der Waals surface area contributed by atoms with Crippen molar-refractivity contribution in [1.82, 2.24) is 5.32 Å². The second-order valence-electron chi connectivity index (χ2n) is 5.03. The van der Waals surface area contributed by atoms with Crippen molar-refractivity contribution in [2.45, 2.75) is 20.4 Å². The number of carbonyl (C=O) groups excluding carboxylic acids is 1. The fourth-order valence-electron chi connectivity index (χ4n) is 1.76. The van der Waals surface area contributed by atoms with Crippen molar-refractivity contribution in [2.75, 3.05) is 25.0 Å². The maximum Gasteiger partial charge on any atom is 0.239 e. The molecular formula is C14H22FN3O. The third-order valence-corrected chi connectivity index (χ3v) is 2.76. The lowest BCUT2D eigenvalue weighted by Crippen LogP contribution is -2.37. The Morgan fingerprint density at radius 1 is 1.47 bits per heavy atom. The van der Waals surface area contributed by atoms with Crippen LogP contribution in [0, 0.1) is 11.7 Å². The van der Waals surface area contributed by atoms with Gasteiger partial charge in [0.2, 0.25) is 5.91 Å². The number of hydrogen-bond donors (Lipinski definition) is 2. The predicted molar refractivity (Wildman–Crippen MR) is 75.4 cm³/mol. The molecule has 3 N–H and O–H groups in total. The molecule has 1 amide bonds. The molecule has 0 radical (unpaired) electrons. The highest BCUT2D eigenvalue weighted by Gasteiger charge is 2.11. The van der Waals surface area contributed by atoms with Gasteiger partial charge in [-0.05, 0) is 29.7 Å². The van der Waals surface area contributed by atoms with E-state index in [2.05, 4.69) is 5.32 Å². The number of nitrogens with one attached hydrogen (secondary N) is 1. The number of halogens is 1. The zero-order valence-electron chi connectivity index (χ0n) is 11.7. The summed E-state index contributed by atoms with van der Waals surface area (Å²) in [7, 11) is 1.79. The molecule has 0 bridgehead atoms. The lowest BCUT2D eigenvalue weighted by atomic mass is 10.1. The molecule has 0 fully saturated rings. The number of anilines is 1. The van der Waals surface area contributed by atoms with Crippen molar-refractivity contribution >= 4 is 11.6 Å². The first-order valence-electron chi connectivity index (χ1n) is 6.40. The SMILES string of the molecule is CC(C)CNC(=O)CN(C)c1ccc(F)cc1CN. The van der Waals surface area contributed by atoms with E-state index in [0.29, 0.717) is 18.0 Å². The minimum absolute atomic E-state index is 0.0523. The highest BCUT2D eigenvalue weighted by Crippen LogP contribution is 2.19. The van der Waals surface area contributed by atoms with Crippen LogP contribution in [0.4, 0.5) is 10.1 Å². The van der Waals surface area contributed by atoms with Gasteiger partial charge in [-0.1, -0.05) is 13.8 Å². The fourth-order valence-corrected chi connectivity index (χ4v) is 1.76. The zero-order chi connectivity index (χ0) is 14.4. The van der Waals surface area contributed by atoms with Crippen molar-refractivity contribution in [1.29, 1.82) is 0 Å². The van der Waals surface area contributed by atoms with Crippen LogP contribution in [0.15, 0.2) is 18.2 Å². The van der Waals surface area contributed by atoms with Gasteiger partial charge in [-0.2, -0.15) is 0 Å². The molecule has 0 aromatic heterocycles. The first kappa shape index (κ1) is 15.4. The van der Waals surface area contributed by atoms with Crippen molar-refractivity contribution in [3.05, 3.63) is 29.6 Å². The van der Waals surface area contributed by atoms with E-state index in [1.807, 2.05) is 13.8 Å². The van der Waals surface area contributed by atoms with E-state index in [9.17, 15) is 9.18 Å². The van der Waals surface area contributed by atoms with E-state index >= 15 is 0 Å². The average molecular weight is 267 g/mol. The summed E-state index contributed by atoms with van der Waals surface area (Å²) in [5.74, 6) is 0.0463. The van der Waals surface area contributed by atoms with Crippen molar-refractivity contribution in [3.8, 4) is 0 Å². The van der Waals surface area contributed by atoms with Gasteiger partial charge in [0, 0.05) is 25.8 Å². The van der Waals surface area contributed by atoms with E-state index in [0.717, 1.165) is 5.69 Å². The smallest absolute Gasteiger partial charge is 0.239 e. The first-order chi connectivity index (χ1) is 8.93. The van der Waals surface area contributed by atoms with Crippen LogP contribution in [0.25, 0.3) is 0 Å². The maximum absolute atomic E-state index is 13.1. The van der Waals surface area contributed by atoms with Crippen LogP contribution >= 0.6 is 0 Å². The molecule has 0 spiro atoms. The van der Waals surface area contributed by atoms with Gasteiger partial charge in [-0.15, -0.1) is 0 Å². The molecule has 106 valence electrons. The van der Waals surface area contributed by atoms with Crippen LogP contribution in [0.1, 0.15) is 19.4 Å². The predicted octanol–water partition coefficient (Wildman–Crippen LogP) is 1.49. The van der Waals surface area contributed by atoms with Gasteiger partial charge in [0.05, 0.1) is 6.54 Å². The van der Waals surface area contributed by atoms with Gasteiger partial charge >= 0.3 is 0 Å². The Morgan fingerprint density at radius 2 is 2.16 bits per heavy atom. The normalized spacial score (nSPS) is 10.6. The zero-order valence-corrected chi connectivity index (χ0v) is 11.7. The maximum atomic E-state index is 13.1. The van der Waals surface area contributed by atoms with Crippen LogP contribution in [-0.4, -0.2) is 26.0 Å². The van der Waals surface area contributed by atoms with Gasteiger partial charge in [-0.25, -0.2) is 4.39 Å². The quantitative estimate of drug-likeness (QED) is 0.821. The highest BCUT2D eigenvalue weighted by molar-refractivity contribution is 5.81. The molecule has 0 atom stereocenters. The van der Waals surface area contributed by atoms with Gasteiger partial charge in [0.25, 0.3) is 0 Å². The second-order valence-corrected chi connectivity index (χ2v) is 5.03. The van der Waals surface area contributed by atoms with Crippen LogP contribution in [0.2, 0.25) is 0 Å². The first-order valence-corrected chi connectivity index (χ1v) is 6.40. The molecule has 0 unspecified atom stereocenters. The van der Waals surface area contributed by atoms with Gasteiger partial charge in [0.15, 0.2) is 0 Å². The number of amides is 1. The Morgan fingerprint density at radius 3 is 2.74 bits per heavy atom. The summed E-state index contributed by atoms with van der Waals surface area (Å²) in [6, 6.07) is 4.42. The van der Waals surface area contributed by atoms with Crippen LogP contribution in [0.5, 0.6) is 0 Å². The van der Waals surface area contributed by atoms with E-state index < -0.39 is 0 Å². The molecule has 0 saturated heterocycles. The number of carbonyl (C=O) groups is 1. The lowest BCUT2D eigenvalue weighted by Gasteiger charge is -2.22. The summed E-state index contributed by atoms with van der Waals surface area (Å²) in [6.45, 7) is 5.20. The fraction of sp³-hybridized carbons (Fsp3) is 0.500. The third-order valence-electron chi connectivity index (χ3n) is 2.76. The Balaban J connectivity index is 2.67. The monoisotopic (exact) mass is 267 g/mol. The molecule has 19 heavy (non-hydrogen) atoms. The topological polar surface area (TPSA) is 58.4 Å². The van der Waals surface area contributed by atoms with Crippen molar-refractivity contribution in [2.24, 2.45) is 11.7 Å². The Kier molecular flexibility index (Phi) is 5.76. The van der Waals surface area contributed by atoms with E-state index in [-0.39, 0.29) is 24.8 Å². The van der Waals surface area contributed by atoms with Gasteiger partial charge in [0.1, 0.15) is 5.82 Å². The number of rotatable bonds is 6. The number of benzene rings is 1. The second kappa shape index (κ2) is 7.09. The van der Waals surface area contributed by atoms with Crippen molar-refractivity contribution < 1.29 is 9.18 Å². The molecular weight excluding hydrogens is 245 g/mol. The van der Waals surface area contributed by atoms with Crippen LogP contribution < -0.4 is 16.0 Å². The minimum Gasteiger partial charge on any atom is -0.365 e. The Labute approximate surface area is 113 Å². The van der Waals surface area contributed by atoms with Crippen LogP contribution in [0.3, 0.4) is 0 Å². The third kappa shape index (κ3) is 4.87. The molecule has 5 heteroatoms. The Hall–Kier alpha value is -1.62. The largest absolute Gasteiger partial charge is 0.365 e. The molecule has 1 aromatic rings. The lowest BCUT2D eigenvalue weighted by molar-refractivity contribution is -0.119. The van der Waals surface area contributed by atoms with Crippen LogP contribution in [-0.2, 0) is 11.3 Å². The van der Waals surface area contributed by atoms with E-state index in [1.54, 1.807) is 18.0 Å². The number of hydrogen-bond acceptors (Lipinski definition) is 3. The molecule has 4 nitrogen and oxygen atoms in total. The summed E-state index contributed by atoms with van der Waals surface area (Å²) in [5, 5.41) is 2.85. The summed E-state index contributed by atoms with van der Waals surface area (Å²) in [6.07, 6.45) is 0. The number of likely N-dealkylation sites (N-methyl/N-ethyl adjacent to an activating group) is 1. The minimum atomic E-state index is -0.318.